The number of nitrogens with two attached hydrogens (primary N) is 1. The highest BCUT2D eigenvalue weighted by Crippen LogP contribution is 2.04. The van der Waals surface area contributed by atoms with E-state index in [9.17, 15) is 4.79 Å². The molecule has 0 saturated carbocycles. The Morgan fingerprint density at radius 2 is 2.58 bits per heavy atom. The minimum absolute atomic E-state index is 0.203. The van der Waals surface area contributed by atoms with Crippen LogP contribution < -0.4 is 5.73 Å². The van der Waals surface area contributed by atoms with Gasteiger partial charge in [-0.15, -0.1) is 0 Å². The molecule has 0 amide bonds. The molecule has 0 aromatic carbocycles. The molecule has 0 saturated heterocycles. The number of H-pyrrole nitrogens is 1. The van der Waals surface area contributed by atoms with E-state index in [0.717, 1.165) is 0 Å². The molecule has 12 heavy (non-hydrogen) atoms. The summed E-state index contributed by atoms with van der Waals surface area (Å²) >= 11 is 5.47. The Hall–Kier alpha value is -1.07. The van der Waals surface area contributed by atoms with Crippen LogP contribution >= 0.6 is 11.6 Å². The molecule has 4 N–H and O–H groups in total. The van der Waals surface area contributed by atoms with E-state index in [1.54, 1.807) is 0 Å². The highest BCUT2D eigenvalue weighted by Gasteiger charge is 2.12. The van der Waals surface area contributed by atoms with Gasteiger partial charge in [0, 0.05) is 18.3 Å². The minimum Gasteiger partial charge on any atom is -0.480 e. The van der Waals surface area contributed by atoms with Gasteiger partial charge in [-0.25, -0.2) is 4.98 Å². The lowest BCUT2D eigenvalue weighted by Crippen LogP contribution is -2.32. The number of hydrogen-bond acceptors (Lipinski definition) is 3. The van der Waals surface area contributed by atoms with E-state index < -0.39 is 12.0 Å². The third-order valence-electron chi connectivity index (χ3n) is 1.35. The van der Waals surface area contributed by atoms with Crippen LogP contribution in [0.25, 0.3) is 0 Å². The Morgan fingerprint density at radius 1 is 1.92 bits per heavy atom. The summed E-state index contributed by atoms with van der Waals surface area (Å²) in [4.78, 5) is 16.7. The molecule has 0 bridgehead atoms. The van der Waals surface area contributed by atoms with E-state index in [4.69, 9.17) is 22.4 Å². The van der Waals surface area contributed by atoms with E-state index in [2.05, 4.69) is 9.97 Å². The monoisotopic (exact) mass is 189 g/mol. The number of aromatic amines is 1. The van der Waals surface area contributed by atoms with E-state index in [1.165, 1.54) is 6.20 Å². The molecular weight excluding hydrogens is 182 g/mol. The lowest BCUT2D eigenvalue weighted by Gasteiger charge is -2.02. The molecule has 1 heterocycles. The van der Waals surface area contributed by atoms with Crippen molar-refractivity contribution >= 4 is 17.6 Å². The fraction of sp³-hybridized carbons (Fsp3) is 0.333. The summed E-state index contributed by atoms with van der Waals surface area (Å²) in [6.07, 6.45) is 1.67. The predicted molar refractivity (Wildman–Crippen MR) is 42.9 cm³/mol. The van der Waals surface area contributed by atoms with Gasteiger partial charge >= 0.3 is 5.97 Å². The van der Waals surface area contributed by atoms with Crippen molar-refractivity contribution in [3.8, 4) is 0 Å². The highest BCUT2D eigenvalue weighted by atomic mass is 35.5. The van der Waals surface area contributed by atoms with Crippen molar-refractivity contribution in [2.45, 2.75) is 12.5 Å². The zero-order valence-corrected chi connectivity index (χ0v) is 6.88. The second kappa shape index (κ2) is 3.55. The predicted octanol–water partition coefficient (Wildman–Crippen LogP) is 0.0175. The molecule has 1 unspecified atom stereocenters. The Morgan fingerprint density at radius 3 is 3.00 bits per heavy atom. The molecule has 1 aromatic heterocycles. The third-order valence-corrected chi connectivity index (χ3v) is 1.55. The van der Waals surface area contributed by atoms with Crippen molar-refractivity contribution in [1.82, 2.24) is 9.97 Å². The third kappa shape index (κ3) is 2.21. The maximum atomic E-state index is 10.3. The summed E-state index contributed by atoms with van der Waals surface area (Å²) in [5, 5.41) is 8.70. The molecule has 0 spiro atoms. The van der Waals surface area contributed by atoms with Crippen molar-refractivity contribution in [3.05, 3.63) is 17.2 Å². The molecule has 1 aromatic rings. The summed E-state index contributed by atoms with van der Waals surface area (Å²) in [5.74, 6) is -1.04. The molecule has 1 atom stereocenters. The van der Waals surface area contributed by atoms with Crippen LogP contribution in [0, 0.1) is 0 Å². The molecule has 1 rings (SSSR count). The van der Waals surface area contributed by atoms with E-state index >= 15 is 0 Å². The van der Waals surface area contributed by atoms with Gasteiger partial charge in [-0.1, -0.05) is 0 Å². The first-order valence-electron chi connectivity index (χ1n) is 3.27. The smallest absolute Gasteiger partial charge is 0.320 e. The van der Waals surface area contributed by atoms with Crippen molar-refractivity contribution in [2.75, 3.05) is 0 Å². The van der Waals surface area contributed by atoms with Crippen molar-refractivity contribution in [1.29, 1.82) is 0 Å². The molecule has 0 radical (unpaired) electrons. The number of carboxylic acid groups (broad SMARTS) is 1. The number of aliphatic carboxylic acids is 1. The largest absolute Gasteiger partial charge is 0.480 e. The first-order valence-corrected chi connectivity index (χ1v) is 3.65. The zero-order valence-electron chi connectivity index (χ0n) is 6.12. The highest BCUT2D eigenvalue weighted by molar-refractivity contribution is 6.28. The minimum atomic E-state index is -1.04. The fourth-order valence-electron chi connectivity index (χ4n) is 0.760. The summed E-state index contributed by atoms with van der Waals surface area (Å²) in [6.45, 7) is 0. The number of carboxylic acids is 1. The first-order chi connectivity index (χ1) is 5.59. The number of carbonyl (C=O) groups is 1. The summed E-state index contributed by atoms with van der Waals surface area (Å²) in [6, 6.07) is -0.915. The van der Waals surface area contributed by atoms with Crippen LogP contribution in [0.2, 0.25) is 5.28 Å². The molecule has 0 aliphatic heterocycles. The molecule has 0 aliphatic carbocycles. The van der Waals surface area contributed by atoms with Gasteiger partial charge in [-0.2, -0.15) is 0 Å². The van der Waals surface area contributed by atoms with Gasteiger partial charge in [0.1, 0.15) is 6.04 Å². The SMILES string of the molecule is NC(Cc1cnc(Cl)[nH]1)C(=O)O. The zero-order chi connectivity index (χ0) is 9.14. The Bertz CT molecular complexity index is 286. The van der Waals surface area contributed by atoms with Crippen molar-refractivity contribution in [2.24, 2.45) is 5.73 Å². The van der Waals surface area contributed by atoms with Crippen LogP contribution in [0.5, 0.6) is 0 Å². The van der Waals surface area contributed by atoms with Gasteiger partial charge in [0.15, 0.2) is 5.28 Å². The molecule has 0 aliphatic rings. The average molecular weight is 190 g/mol. The lowest BCUT2D eigenvalue weighted by atomic mass is 10.2. The summed E-state index contributed by atoms with van der Waals surface area (Å²) < 4.78 is 0. The van der Waals surface area contributed by atoms with Gasteiger partial charge < -0.3 is 15.8 Å². The number of rotatable bonds is 3. The molecule has 0 fully saturated rings. The second-order valence-corrected chi connectivity index (χ2v) is 2.71. The Labute approximate surface area is 73.6 Å². The van der Waals surface area contributed by atoms with E-state index in [1.807, 2.05) is 0 Å². The maximum Gasteiger partial charge on any atom is 0.320 e. The van der Waals surface area contributed by atoms with Crippen LogP contribution in [0.4, 0.5) is 0 Å². The Kier molecular flexibility index (Phi) is 2.67. The van der Waals surface area contributed by atoms with Gasteiger partial charge in [0.05, 0.1) is 0 Å². The summed E-state index contributed by atoms with van der Waals surface area (Å²) in [7, 11) is 0. The molecule has 6 heteroatoms. The number of aromatic nitrogens is 2. The molecule has 66 valence electrons. The maximum absolute atomic E-state index is 10.3. The fourth-order valence-corrected chi connectivity index (χ4v) is 0.930. The normalized spacial score (nSPS) is 12.8. The van der Waals surface area contributed by atoms with Crippen LogP contribution in [-0.4, -0.2) is 27.1 Å². The quantitative estimate of drug-likeness (QED) is 0.625. The van der Waals surface area contributed by atoms with Gasteiger partial charge in [0.2, 0.25) is 0 Å². The van der Waals surface area contributed by atoms with Gasteiger partial charge in [0.25, 0.3) is 0 Å². The van der Waals surface area contributed by atoms with Crippen LogP contribution in [0.3, 0.4) is 0 Å². The van der Waals surface area contributed by atoms with Crippen molar-refractivity contribution < 1.29 is 9.90 Å². The van der Waals surface area contributed by atoms with Gasteiger partial charge in [-0.05, 0) is 11.6 Å². The summed E-state index contributed by atoms with van der Waals surface area (Å²) in [5.41, 5.74) is 5.89. The van der Waals surface area contributed by atoms with Crippen molar-refractivity contribution in [3.63, 3.8) is 0 Å². The molecule has 5 nitrogen and oxygen atoms in total. The number of nitrogens with one attached hydrogen (secondary N) is 1. The average Bonchev–Trinajstić information content (AvgIpc) is 2.35. The van der Waals surface area contributed by atoms with E-state index in [0.29, 0.717) is 5.69 Å². The Balaban J connectivity index is 2.58. The number of hydrogen-bond donors (Lipinski definition) is 3. The number of nitrogens with zero attached hydrogens (tertiary/aromatic N) is 1. The van der Waals surface area contributed by atoms with Crippen LogP contribution in [0.15, 0.2) is 6.20 Å². The van der Waals surface area contributed by atoms with Crippen LogP contribution in [-0.2, 0) is 11.2 Å². The lowest BCUT2D eigenvalue weighted by molar-refractivity contribution is -0.138. The number of imidazole rings is 1. The second-order valence-electron chi connectivity index (χ2n) is 2.35. The molecular formula is C6H8ClN3O2. The van der Waals surface area contributed by atoms with Gasteiger partial charge in [-0.3, -0.25) is 4.79 Å². The topological polar surface area (TPSA) is 92.0 Å². The van der Waals surface area contributed by atoms with Crippen LogP contribution in [0.1, 0.15) is 5.69 Å². The first kappa shape index (κ1) is 9.02. The standard InChI is InChI=1S/C6H8ClN3O2/c7-6-9-2-3(10-6)1-4(8)5(11)12/h2,4H,1,8H2,(H,9,10)(H,11,12). The number of halogens is 1. The van der Waals surface area contributed by atoms with E-state index in [-0.39, 0.29) is 11.7 Å².